The molecule has 12 nitrogen and oxygen atoms in total. The molecular weight excluding hydrogens is 471 g/mol. The molecule has 166 valence electrons. The summed E-state index contributed by atoms with van der Waals surface area (Å²) >= 11 is 0. The Labute approximate surface area is 170 Å². The Hall–Kier alpha value is -1.01. The molecule has 0 aliphatic carbocycles. The van der Waals surface area contributed by atoms with Crippen LogP contribution in [0.15, 0.2) is 12.4 Å². The fourth-order valence-corrected chi connectivity index (χ4v) is 14.2. The predicted molar refractivity (Wildman–Crippen MR) is 105 cm³/mol. The van der Waals surface area contributed by atoms with Gasteiger partial charge in [-0.15, -0.1) is 0 Å². The van der Waals surface area contributed by atoms with Gasteiger partial charge in [-0.1, -0.05) is 0 Å². The molecule has 0 bridgehead atoms. The molecule has 1 aliphatic rings. The standard InChI is InChI=1S/C12H21BN2O10S4/c1-9(2)15-8-10(7-14-15)13-24-11(26(3,16)17,27(4,18)19)12(25-13,28(5,20)21)29(6,22)23/h7-9H,1-6H3. The molecule has 0 saturated carbocycles. The van der Waals surface area contributed by atoms with E-state index in [9.17, 15) is 33.7 Å². The Bertz CT molecular complexity index is 1110. The van der Waals surface area contributed by atoms with Gasteiger partial charge in [0.15, 0.2) is 39.3 Å². The monoisotopic (exact) mass is 492 g/mol. The summed E-state index contributed by atoms with van der Waals surface area (Å²) in [5.74, 6) is 0. The Morgan fingerprint density at radius 2 is 1.17 bits per heavy atom. The lowest BCUT2D eigenvalue weighted by atomic mass is 9.82. The van der Waals surface area contributed by atoms with Gasteiger partial charge in [-0.25, -0.2) is 33.7 Å². The van der Waals surface area contributed by atoms with Crippen molar-refractivity contribution in [1.29, 1.82) is 0 Å². The maximum Gasteiger partial charge on any atom is 0.501 e. The Morgan fingerprint density at radius 3 is 1.41 bits per heavy atom. The summed E-state index contributed by atoms with van der Waals surface area (Å²) in [5, 5.41) is 3.96. The van der Waals surface area contributed by atoms with Crippen LogP contribution in [0.4, 0.5) is 0 Å². The SMILES string of the molecule is CC(C)n1cc(B2OC(S(C)(=O)=O)(S(C)(=O)=O)C(S(C)(=O)=O)(S(C)(=O)=O)O2)cn1. The molecule has 2 rings (SSSR count). The van der Waals surface area contributed by atoms with Crippen LogP contribution in [0.25, 0.3) is 0 Å². The van der Waals surface area contributed by atoms with Crippen LogP contribution in [0.2, 0.25) is 0 Å². The van der Waals surface area contributed by atoms with E-state index in [1.54, 1.807) is 13.8 Å². The first kappa shape index (κ1) is 24.3. The maximum absolute atomic E-state index is 12.7. The minimum atomic E-state index is -5.07. The summed E-state index contributed by atoms with van der Waals surface area (Å²) in [6.07, 6.45) is 3.88. The lowest BCUT2D eigenvalue weighted by molar-refractivity contribution is 0.202. The van der Waals surface area contributed by atoms with Crippen LogP contribution < -0.4 is 5.46 Å². The van der Waals surface area contributed by atoms with E-state index in [1.165, 1.54) is 10.9 Å². The molecule has 0 unspecified atom stereocenters. The number of aromatic nitrogens is 2. The third-order valence-corrected chi connectivity index (χ3v) is 13.9. The molecule has 17 heteroatoms. The van der Waals surface area contributed by atoms with Gasteiger partial charge < -0.3 is 9.31 Å². The summed E-state index contributed by atoms with van der Waals surface area (Å²) in [6, 6.07) is -0.172. The summed E-state index contributed by atoms with van der Waals surface area (Å²) in [6.45, 7) is 3.50. The van der Waals surface area contributed by atoms with Gasteiger partial charge in [-0.05, 0) is 13.8 Å². The lowest BCUT2D eigenvalue weighted by Gasteiger charge is -2.37. The Morgan fingerprint density at radius 1 is 0.828 bits per heavy atom. The van der Waals surface area contributed by atoms with E-state index in [4.69, 9.17) is 9.31 Å². The smallest absolute Gasteiger partial charge is 0.372 e. The van der Waals surface area contributed by atoms with Gasteiger partial charge in [-0.2, -0.15) is 5.10 Å². The van der Waals surface area contributed by atoms with E-state index in [-0.39, 0.29) is 11.5 Å². The highest BCUT2D eigenvalue weighted by Gasteiger charge is 2.83. The zero-order valence-corrected chi connectivity index (χ0v) is 19.7. The average Bonchev–Trinajstić information content (AvgIpc) is 3.08. The molecular formula is C12H21BN2O10S4. The molecule has 0 spiro atoms. The van der Waals surface area contributed by atoms with Gasteiger partial charge in [-0.3, -0.25) is 4.68 Å². The highest BCUT2D eigenvalue weighted by molar-refractivity contribution is 8.16. The molecule has 1 aliphatic heterocycles. The number of hydrogen-bond acceptors (Lipinski definition) is 11. The van der Waals surface area contributed by atoms with Crippen molar-refractivity contribution in [2.24, 2.45) is 0 Å². The summed E-state index contributed by atoms with van der Waals surface area (Å²) < 4.78 is 106. The van der Waals surface area contributed by atoms with E-state index < -0.39 is 55.0 Å². The topological polar surface area (TPSA) is 173 Å². The Balaban J connectivity index is 3.02. The number of rotatable bonds is 6. The van der Waals surface area contributed by atoms with Crippen LogP contribution >= 0.6 is 0 Å². The van der Waals surface area contributed by atoms with Crippen molar-refractivity contribution in [1.82, 2.24) is 9.78 Å². The average molecular weight is 492 g/mol. The molecule has 1 aromatic heterocycles. The van der Waals surface area contributed by atoms with Crippen molar-refractivity contribution in [3.63, 3.8) is 0 Å². The van der Waals surface area contributed by atoms with E-state index in [0.29, 0.717) is 25.0 Å². The summed E-state index contributed by atoms with van der Waals surface area (Å²) in [4.78, 5) is 0. The van der Waals surface area contributed by atoms with Gasteiger partial charge in [0.25, 0.3) is 0 Å². The highest BCUT2D eigenvalue weighted by Crippen LogP contribution is 2.51. The maximum atomic E-state index is 12.7. The van der Waals surface area contributed by atoms with Crippen molar-refractivity contribution in [2.45, 2.75) is 28.4 Å². The second kappa shape index (κ2) is 6.75. The van der Waals surface area contributed by atoms with Crippen molar-refractivity contribution < 1.29 is 43.0 Å². The molecule has 0 amide bonds. The first-order chi connectivity index (χ1) is 12.7. The second-order valence-electron chi connectivity index (χ2n) is 7.12. The highest BCUT2D eigenvalue weighted by atomic mass is 32.3. The van der Waals surface area contributed by atoms with Gasteiger partial charge in [0.05, 0.1) is 0 Å². The molecule has 0 N–H and O–H groups in total. The van der Waals surface area contributed by atoms with Crippen LogP contribution in [0.3, 0.4) is 0 Å². The van der Waals surface area contributed by atoms with Crippen molar-refractivity contribution >= 4 is 51.9 Å². The normalized spacial score (nSPS) is 20.3. The molecule has 1 saturated heterocycles. The fourth-order valence-electron chi connectivity index (χ4n) is 3.15. The van der Waals surface area contributed by atoms with Crippen LogP contribution in [-0.2, 0) is 48.7 Å². The first-order valence-electron chi connectivity index (χ1n) is 7.91. The zero-order valence-electron chi connectivity index (χ0n) is 16.4. The second-order valence-corrected chi connectivity index (χ2v) is 16.1. The third kappa shape index (κ3) is 3.35. The van der Waals surface area contributed by atoms with Gasteiger partial charge >= 0.3 is 15.6 Å². The minimum Gasteiger partial charge on any atom is -0.372 e. The van der Waals surface area contributed by atoms with E-state index in [1.807, 2.05) is 0 Å². The van der Waals surface area contributed by atoms with Gasteiger partial charge in [0.1, 0.15) is 0 Å². The van der Waals surface area contributed by atoms with Crippen LogP contribution in [0, 0.1) is 0 Å². The summed E-state index contributed by atoms with van der Waals surface area (Å²) in [7, 11) is -22.2. The van der Waals surface area contributed by atoms with Gasteiger partial charge in [0.2, 0.25) is 0 Å². The number of hydrogen-bond donors (Lipinski definition) is 0. The molecule has 2 heterocycles. The van der Waals surface area contributed by atoms with Crippen LogP contribution in [0.5, 0.6) is 0 Å². The first-order valence-corrected chi connectivity index (χ1v) is 15.5. The molecule has 0 aromatic carbocycles. The van der Waals surface area contributed by atoms with Crippen molar-refractivity contribution in [3.8, 4) is 0 Å². The van der Waals surface area contributed by atoms with E-state index in [0.717, 1.165) is 6.20 Å². The Kier molecular flexibility index (Phi) is 5.65. The fraction of sp³-hybridized carbons (Fsp3) is 0.750. The predicted octanol–water partition coefficient (Wildman–Crippen LogP) is -2.31. The van der Waals surface area contributed by atoms with E-state index in [2.05, 4.69) is 5.10 Å². The van der Waals surface area contributed by atoms with Crippen LogP contribution in [-0.4, -0.2) is 84.1 Å². The largest absolute Gasteiger partial charge is 0.501 e. The molecule has 1 fully saturated rings. The summed E-state index contributed by atoms with van der Waals surface area (Å²) in [5.41, 5.74) is -0.0652. The van der Waals surface area contributed by atoms with Gasteiger partial charge in [0, 0.05) is 48.9 Å². The molecule has 0 radical (unpaired) electrons. The molecule has 29 heavy (non-hydrogen) atoms. The molecule has 1 aromatic rings. The molecule has 0 atom stereocenters. The van der Waals surface area contributed by atoms with Crippen molar-refractivity contribution in [3.05, 3.63) is 12.4 Å². The minimum absolute atomic E-state index is 0.0652. The number of nitrogens with zero attached hydrogens (tertiary/aromatic N) is 2. The number of sulfone groups is 4. The van der Waals surface area contributed by atoms with Crippen LogP contribution in [0.1, 0.15) is 19.9 Å². The quantitative estimate of drug-likeness (QED) is 0.391. The van der Waals surface area contributed by atoms with Crippen molar-refractivity contribution in [2.75, 3.05) is 25.0 Å². The lowest BCUT2D eigenvalue weighted by Crippen LogP contribution is -2.67. The van der Waals surface area contributed by atoms with E-state index >= 15 is 0 Å². The third-order valence-electron chi connectivity index (χ3n) is 4.27. The zero-order chi connectivity index (χ0) is 22.8.